The monoisotopic (exact) mass is 326 g/mol. The van der Waals surface area contributed by atoms with Gasteiger partial charge in [-0.05, 0) is 53.9 Å². The van der Waals surface area contributed by atoms with Crippen LogP contribution >= 0.6 is 15.9 Å². The van der Waals surface area contributed by atoms with Gasteiger partial charge in [0, 0.05) is 10.9 Å². The zero-order chi connectivity index (χ0) is 14.0. The molecule has 0 aliphatic heterocycles. The molecule has 0 aliphatic carbocycles. The molecule has 0 bridgehead atoms. The molecule has 1 atom stereocenters. The average molecular weight is 327 g/mol. The van der Waals surface area contributed by atoms with Crippen molar-refractivity contribution in [2.75, 3.05) is 0 Å². The van der Waals surface area contributed by atoms with Crippen LogP contribution in [0.25, 0.3) is 0 Å². The summed E-state index contributed by atoms with van der Waals surface area (Å²) in [5.74, 6) is -0.779. The van der Waals surface area contributed by atoms with Crippen molar-refractivity contribution in [2.45, 2.75) is 19.4 Å². The SMILES string of the molecule is Cc1cc(F)cc(C(O)Cc2cc(Br)ccc2F)c1. The first kappa shape index (κ1) is 14.2. The van der Waals surface area contributed by atoms with Crippen LogP contribution in [0.2, 0.25) is 0 Å². The predicted molar refractivity (Wildman–Crippen MR) is 73.9 cm³/mol. The lowest BCUT2D eigenvalue weighted by atomic mass is 9.99. The fourth-order valence-corrected chi connectivity index (χ4v) is 2.39. The Labute approximate surface area is 119 Å². The van der Waals surface area contributed by atoms with E-state index in [0.717, 1.165) is 10.0 Å². The Morgan fingerprint density at radius 1 is 1.16 bits per heavy atom. The van der Waals surface area contributed by atoms with Gasteiger partial charge < -0.3 is 5.11 Å². The summed E-state index contributed by atoms with van der Waals surface area (Å²) >= 11 is 3.26. The lowest BCUT2D eigenvalue weighted by Gasteiger charge is -2.13. The van der Waals surface area contributed by atoms with Gasteiger partial charge in [-0.25, -0.2) is 8.78 Å². The second-order valence-corrected chi connectivity index (χ2v) is 5.43. The first-order valence-corrected chi connectivity index (χ1v) is 6.64. The van der Waals surface area contributed by atoms with E-state index in [2.05, 4.69) is 15.9 Å². The Kier molecular flexibility index (Phi) is 4.32. The maximum Gasteiger partial charge on any atom is 0.126 e. The zero-order valence-electron chi connectivity index (χ0n) is 10.3. The van der Waals surface area contributed by atoms with Crippen molar-refractivity contribution in [3.05, 3.63) is 69.2 Å². The molecule has 0 spiro atoms. The van der Waals surface area contributed by atoms with Gasteiger partial charge in [0.15, 0.2) is 0 Å². The number of benzene rings is 2. The number of aryl methyl sites for hydroxylation is 1. The van der Waals surface area contributed by atoms with Gasteiger partial charge in [-0.1, -0.05) is 22.0 Å². The number of aliphatic hydroxyl groups is 1. The van der Waals surface area contributed by atoms with Crippen LogP contribution < -0.4 is 0 Å². The van der Waals surface area contributed by atoms with E-state index < -0.39 is 11.9 Å². The second kappa shape index (κ2) is 5.80. The molecule has 1 N–H and O–H groups in total. The normalized spacial score (nSPS) is 12.5. The Balaban J connectivity index is 2.25. The van der Waals surface area contributed by atoms with Crippen LogP contribution in [-0.2, 0) is 6.42 Å². The van der Waals surface area contributed by atoms with Gasteiger partial charge in [0.05, 0.1) is 6.10 Å². The van der Waals surface area contributed by atoms with E-state index in [0.29, 0.717) is 11.1 Å². The van der Waals surface area contributed by atoms with Gasteiger partial charge in [-0.15, -0.1) is 0 Å². The molecule has 0 aliphatic rings. The Morgan fingerprint density at radius 3 is 2.58 bits per heavy atom. The van der Waals surface area contributed by atoms with Gasteiger partial charge in [0.2, 0.25) is 0 Å². The topological polar surface area (TPSA) is 20.2 Å². The quantitative estimate of drug-likeness (QED) is 0.891. The minimum atomic E-state index is -0.932. The van der Waals surface area contributed by atoms with Crippen LogP contribution in [0.4, 0.5) is 8.78 Å². The molecule has 1 unspecified atom stereocenters. The summed E-state index contributed by atoms with van der Waals surface area (Å²) in [6.07, 6.45) is -0.827. The van der Waals surface area contributed by atoms with Crippen LogP contribution in [0.15, 0.2) is 40.9 Å². The fraction of sp³-hybridized carbons (Fsp3) is 0.200. The molecule has 0 saturated carbocycles. The van der Waals surface area contributed by atoms with E-state index in [9.17, 15) is 13.9 Å². The van der Waals surface area contributed by atoms with E-state index in [1.54, 1.807) is 25.1 Å². The van der Waals surface area contributed by atoms with Crippen molar-refractivity contribution < 1.29 is 13.9 Å². The molecule has 0 radical (unpaired) electrons. The highest BCUT2D eigenvalue weighted by atomic mass is 79.9. The lowest BCUT2D eigenvalue weighted by molar-refractivity contribution is 0.176. The minimum Gasteiger partial charge on any atom is -0.388 e. The fourth-order valence-electron chi connectivity index (χ4n) is 1.98. The zero-order valence-corrected chi connectivity index (χ0v) is 11.9. The van der Waals surface area contributed by atoms with E-state index in [4.69, 9.17) is 0 Å². The van der Waals surface area contributed by atoms with Crippen molar-refractivity contribution in [2.24, 2.45) is 0 Å². The highest BCUT2D eigenvalue weighted by molar-refractivity contribution is 9.10. The summed E-state index contributed by atoms with van der Waals surface area (Å²) in [7, 11) is 0. The van der Waals surface area contributed by atoms with Gasteiger partial charge in [-0.2, -0.15) is 0 Å². The van der Waals surface area contributed by atoms with Gasteiger partial charge in [-0.3, -0.25) is 0 Å². The Bertz CT molecular complexity index is 578. The van der Waals surface area contributed by atoms with Crippen LogP contribution in [-0.4, -0.2) is 5.11 Å². The third-order valence-electron chi connectivity index (χ3n) is 2.87. The molecule has 2 aromatic carbocycles. The number of hydrogen-bond acceptors (Lipinski definition) is 1. The van der Waals surface area contributed by atoms with Crippen molar-refractivity contribution >= 4 is 15.9 Å². The molecule has 19 heavy (non-hydrogen) atoms. The summed E-state index contributed by atoms with van der Waals surface area (Å²) in [5, 5.41) is 10.1. The van der Waals surface area contributed by atoms with Crippen molar-refractivity contribution in [3.8, 4) is 0 Å². The van der Waals surface area contributed by atoms with Crippen molar-refractivity contribution in [1.29, 1.82) is 0 Å². The Hall–Kier alpha value is -1.26. The molecule has 2 aromatic rings. The molecular weight excluding hydrogens is 314 g/mol. The largest absolute Gasteiger partial charge is 0.388 e. The smallest absolute Gasteiger partial charge is 0.126 e. The van der Waals surface area contributed by atoms with E-state index in [1.165, 1.54) is 18.2 Å². The van der Waals surface area contributed by atoms with E-state index >= 15 is 0 Å². The summed E-state index contributed by atoms with van der Waals surface area (Å²) < 4.78 is 27.6. The molecule has 0 saturated heterocycles. The molecule has 4 heteroatoms. The second-order valence-electron chi connectivity index (χ2n) is 4.52. The minimum absolute atomic E-state index is 0.105. The molecule has 2 rings (SSSR count). The molecule has 0 amide bonds. The molecular formula is C15H13BrF2O. The number of halogens is 3. The average Bonchev–Trinajstić information content (AvgIpc) is 2.32. The first-order valence-electron chi connectivity index (χ1n) is 5.85. The summed E-state index contributed by atoms with van der Waals surface area (Å²) in [6.45, 7) is 1.75. The molecule has 0 fully saturated rings. The summed E-state index contributed by atoms with van der Waals surface area (Å²) in [4.78, 5) is 0. The number of rotatable bonds is 3. The number of aliphatic hydroxyl groups excluding tert-OH is 1. The molecule has 0 heterocycles. The molecule has 0 aromatic heterocycles. The number of hydrogen-bond donors (Lipinski definition) is 1. The van der Waals surface area contributed by atoms with Crippen LogP contribution in [0, 0.1) is 18.6 Å². The lowest BCUT2D eigenvalue weighted by Crippen LogP contribution is -2.04. The first-order chi connectivity index (χ1) is 8.95. The van der Waals surface area contributed by atoms with Crippen molar-refractivity contribution in [1.82, 2.24) is 0 Å². The summed E-state index contributed by atoms with van der Waals surface area (Å²) in [5.41, 5.74) is 1.57. The Morgan fingerprint density at radius 2 is 1.89 bits per heavy atom. The highest BCUT2D eigenvalue weighted by Crippen LogP contribution is 2.24. The third kappa shape index (κ3) is 3.61. The third-order valence-corrected chi connectivity index (χ3v) is 3.36. The highest BCUT2D eigenvalue weighted by Gasteiger charge is 2.13. The van der Waals surface area contributed by atoms with Crippen LogP contribution in [0.1, 0.15) is 22.8 Å². The van der Waals surface area contributed by atoms with Gasteiger partial charge in [0.1, 0.15) is 11.6 Å². The van der Waals surface area contributed by atoms with Gasteiger partial charge in [0.25, 0.3) is 0 Å². The molecule has 1 nitrogen and oxygen atoms in total. The van der Waals surface area contributed by atoms with Crippen LogP contribution in [0.3, 0.4) is 0 Å². The van der Waals surface area contributed by atoms with Crippen LogP contribution in [0.5, 0.6) is 0 Å². The van der Waals surface area contributed by atoms with E-state index in [-0.39, 0.29) is 12.2 Å². The predicted octanol–water partition coefficient (Wildman–Crippen LogP) is 4.31. The van der Waals surface area contributed by atoms with Crippen molar-refractivity contribution in [3.63, 3.8) is 0 Å². The van der Waals surface area contributed by atoms with E-state index in [1.807, 2.05) is 0 Å². The molecule has 100 valence electrons. The standard InChI is InChI=1S/C15H13BrF2O/c1-9-4-11(7-13(17)5-9)15(19)8-10-6-12(16)2-3-14(10)18/h2-7,15,19H,8H2,1H3. The summed E-state index contributed by atoms with van der Waals surface area (Å²) in [6, 6.07) is 8.90. The van der Waals surface area contributed by atoms with Gasteiger partial charge >= 0.3 is 0 Å². The maximum absolute atomic E-state index is 13.6. The maximum atomic E-state index is 13.6.